The Bertz CT molecular complexity index is 987. The Balaban J connectivity index is 2.48. The maximum Gasteiger partial charge on any atom is 0.252 e. The second kappa shape index (κ2) is 11.6. The lowest BCUT2D eigenvalue weighted by Crippen LogP contribution is -2.26. The van der Waals surface area contributed by atoms with Crippen LogP contribution < -0.4 is 20.7 Å². The molecule has 1 aliphatic rings. The molecule has 170 valence electrons. The van der Waals surface area contributed by atoms with Gasteiger partial charge in [-0.3, -0.25) is 15.0 Å². The highest BCUT2D eigenvalue weighted by Crippen LogP contribution is 2.32. The van der Waals surface area contributed by atoms with Crippen LogP contribution in [0.5, 0.6) is 5.75 Å². The molecule has 1 fully saturated rings. The van der Waals surface area contributed by atoms with Crippen molar-refractivity contribution >= 4 is 29.6 Å². The summed E-state index contributed by atoms with van der Waals surface area (Å²) >= 11 is 0. The SMILES string of the molecule is C=C(C(=O)NC)/C(=C\C(=C\CC)NC(=O)C1CC1)Nc1cccc(C(=N)N=CC)c1OC. The summed E-state index contributed by atoms with van der Waals surface area (Å²) in [7, 11) is 3.02. The molecule has 0 radical (unpaired) electrons. The molecular weight excluding hydrogens is 406 g/mol. The number of nitrogens with zero attached hydrogens (tertiary/aromatic N) is 1. The molecule has 0 unspecified atom stereocenters. The molecule has 4 N–H and O–H groups in total. The number of benzene rings is 1. The van der Waals surface area contributed by atoms with Crippen molar-refractivity contribution in [3.63, 3.8) is 0 Å². The molecule has 1 saturated carbocycles. The summed E-state index contributed by atoms with van der Waals surface area (Å²) in [4.78, 5) is 28.7. The average molecular weight is 438 g/mol. The average Bonchev–Trinajstić information content (AvgIpc) is 3.63. The number of amides is 2. The van der Waals surface area contributed by atoms with Gasteiger partial charge in [-0.2, -0.15) is 0 Å². The van der Waals surface area contributed by atoms with Crippen molar-refractivity contribution in [3.05, 3.63) is 59.5 Å². The van der Waals surface area contributed by atoms with E-state index in [4.69, 9.17) is 10.1 Å². The third kappa shape index (κ3) is 6.41. The molecule has 2 rings (SSSR count). The lowest BCUT2D eigenvalue weighted by Gasteiger charge is -2.18. The van der Waals surface area contributed by atoms with Crippen LogP contribution in [0.4, 0.5) is 5.69 Å². The quantitative estimate of drug-likeness (QED) is 0.194. The first-order valence-electron chi connectivity index (χ1n) is 10.5. The smallest absolute Gasteiger partial charge is 0.252 e. The van der Waals surface area contributed by atoms with Gasteiger partial charge in [-0.15, -0.1) is 0 Å². The van der Waals surface area contributed by atoms with Gasteiger partial charge in [0.25, 0.3) is 5.91 Å². The molecule has 0 aliphatic heterocycles. The van der Waals surface area contributed by atoms with Gasteiger partial charge in [-0.25, -0.2) is 4.99 Å². The van der Waals surface area contributed by atoms with E-state index in [2.05, 4.69) is 27.5 Å². The highest BCUT2D eigenvalue weighted by Gasteiger charge is 2.29. The Hall–Kier alpha value is -3.68. The molecular formula is C24H31N5O3. The Kier molecular flexibility index (Phi) is 8.95. The normalized spacial score (nSPS) is 14.1. The van der Waals surface area contributed by atoms with Crippen LogP contribution in [0.2, 0.25) is 0 Å². The summed E-state index contributed by atoms with van der Waals surface area (Å²) in [5.41, 5.74) is 2.18. The van der Waals surface area contributed by atoms with E-state index >= 15 is 0 Å². The standard InChI is InChI=1S/C24H31N5O3/c1-6-9-17(28-24(31)16-12-13-16)14-20(15(3)23(30)26-4)29-19-11-8-10-18(21(19)32-5)22(25)27-7-2/h7-11,14,16,25,29H,3,6,12-13H2,1-2,4-5H3,(H,26,30)(H,28,31)/b17-9-,20-14+,25-22?,27-7?. The van der Waals surface area contributed by atoms with Crippen LogP contribution >= 0.6 is 0 Å². The number of likely N-dealkylation sites (N-methyl/N-ethyl adjacent to an activating group) is 1. The highest BCUT2D eigenvalue weighted by molar-refractivity contribution is 6.04. The number of methoxy groups -OCH3 is 1. The number of nitrogens with one attached hydrogen (secondary N) is 4. The van der Waals surface area contributed by atoms with Crippen LogP contribution in [0.15, 0.2) is 58.9 Å². The second-order valence-electron chi connectivity index (χ2n) is 7.19. The predicted octanol–water partition coefficient (Wildman–Crippen LogP) is 3.53. The number of hydrogen-bond donors (Lipinski definition) is 4. The summed E-state index contributed by atoms with van der Waals surface area (Å²) in [5, 5.41) is 16.9. The van der Waals surface area contributed by atoms with Gasteiger partial charge in [0.1, 0.15) is 0 Å². The minimum absolute atomic E-state index is 0.0312. The third-order valence-electron chi connectivity index (χ3n) is 4.77. The molecule has 1 aromatic rings. The molecule has 8 heteroatoms. The number of rotatable bonds is 10. The molecule has 1 aromatic carbocycles. The first kappa shape index (κ1) is 24.6. The van der Waals surface area contributed by atoms with Gasteiger partial charge in [0.15, 0.2) is 11.6 Å². The molecule has 8 nitrogen and oxygen atoms in total. The van der Waals surface area contributed by atoms with Crippen LogP contribution in [-0.4, -0.2) is 38.0 Å². The number of ether oxygens (including phenoxy) is 1. The van der Waals surface area contributed by atoms with Gasteiger partial charge in [0.2, 0.25) is 5.91 Å². The van der Waals surface area contributed by atoms with E-state index in [0.717, 1.165) is 12.8 Å². The van der Waals surface area contributed by atoms with Crippen molar-refractivity contribution in [2.75, 3.05) is 19.5 Å². The first-order chi connectivity index (χ1) is 15.4. The van der Waals surface area contributed by atoms with Gasteiger partial charge in [0.05, 0.1) is 29.6 Å². The fraction of sp³-hybridized carbons (Fsp3) is 0.333. The Morgan fingerprint density at radius 1 is 1.34 bits per heavy atom. The summed E-state index contributed by atoms with van der Waals surface area (Å²) in [6, 6.07) is 5.26. The largest absolute Gasteiger partial charge is 0.494 e. The van der Waals surface area contributed by atoms with Crippen molar-refractivity contribution < 1.29 is 14.3 Å². The van der Waals surface area contributed by atoms with E-state index < -0.39 is 0 Å². The predicted molar refractivity (Wildman–Crippen MR) is 128 cm³/mol. The van der Waals surface area contributed by atoms with Crippen LogP contribution in [0, 0.1) is 11.3 Å². The van der Waals surface area contributed by atoms with Gasteiger partial charge in [0, 0.05) is 24.9 Å². The van der Waals surface area contributed by atoms with E-state index in [1.807, 2.05) is 13.0 Å². The monoisotopic (exact) mass is 437 g/mol. The Morgan fingerprint density at radius 3 is 2.62 bits per heavy atom. The minimum Gasteiger partial charge on any atom is -0.494 e. The number of aliphatic imine (C=N–C) groups is 1. The zero-order chi connectivity index (χ0) is 23.7. The lowest BCUT2D eigenvalue weighted by molar-refractivity contribution is -0.121. The number of carbonyl (C=O) groups is 2. The van der Waals surface area contributed by atoms with Gasteiger partial charge in [-0.1, -0.05) is 25.6 Å². The first-order valence-corrected chi connectivity index (χ1v) is 10.5. The number of allylic oxidation sites excluding steroid dienone is 2. The van der Waals surface area contributed by atoms with Crippen molar-refractivity contribution in [2.45, 2.75) is 33.1 Å². The zero-order valence-electron chi connectivity index (χ0n) is 19.0. The number of amidine groups is 1. The minimum atomic E-state index is -0.369. The van der Waals surface area contributed by atoms with Crippen LogP contribution in [0.1, 0.15) is 38.7 Å². The van der Waals surface area contributed by atoms with E-state index in [0.29, 0.717) is 34.8 Å². The Labute approximate surface area is 189 Å². The van der Waals surface area contributed by atoms with Crippen molar-refractivity contribution in [1.82, 2.24) is 10.6 Å². The molecule has 0 aromatic heterocycles. The summed E-state index contributed by atoms with van der Waals surface area (Å²) in [5.74, 6) is 0.0978. The molecule has 0 heterocycles. The summed E-state index contributed by atoms with van der Waals surface area (Å²) in [6.07, 6.45) is 7.57. The maximum absolute atomic E-state index is 12.4. The third-order valence-corrected chi connectivity index (χ3v) is 4.77. The van der Waals surface area contributed by atoms with Crippen molar-refractivity contribution in [1.29, 1.82) is 5.41 Å². The van der Waals surface area contributed by atoms with Gasteiger partial charge in [-0.05, 0) is 44.4 Å². The summed E-state index contributed by atoms with van der Waals surface area (Å²) in [6.45, 7) is 7.61. The second-order valence-corrected chi connectivity index (χ2v) is 7.19. The molecule has 2 amide bonds. The van der Waals surface area contributed by atoms with Crippen molar-refractivity contribution in [3.8, 4) is 5.75 Å². The van der Waals surface area contributed by atoms with Gasteiger partial charge >= 0.3 is 0 Å². The highest BCUT2D eigenvalue weighted by atomic mass is 16.5. The molecule has 32 heavy (non-hydrogen) atoms. The molecule has 0 atom stereocenters. The van der Waals surface area contributed by atoms with Crippen LogP contribution in [0.3, 0.4) is 0 Å². The molecule has 1 aliphatic carbocycles. The number of carbonyl (C=O) groups excluding carboxylic acids is 2. The van der Waals surface area contributed by atoms with Gasteiger partial charge < -0.3 is 20.7 Å². The molecule has 0 spiro atoms. The molecule has 0 bridgehead atoms. The fourth-order valence-electron chi connectivity index (χ4n) is 2.97. The zero-order valence-corrected chi connectivity index (χ0v) is 19.0. The lowest BCUT2D eigenvalue weighted by atomic mass is 10.1. The molecule has 0 saturated heterocycles. The maximum atomic E-state index is 12.4. The Morgan fingerprint density at radius 2 is 2.06 bits per heavy atom. The number of para-hydroxylation sites is 1. The number of hydrogen-bond acceptors (Lipinski definition) is 5. The topological polar surface area (TPSA) is 116 Å². The van der Waals surface area contributed by atoms with Crippen molar-refractivity contribution in [2.24, 2.45) is 10.9 Å². The van der Waals surface area contributed by atoms with Crippen LogP contribution in [-0.2, 0) is 9.59 Å². The van der Waals surface area contributed by atoms with E-state index in [1.165, 1.54) is 20.4 Å². The van der Waals surface area contributed by atoms with E-state index in [-0.39, 0.29) is 29.1 Å². The fourth-order valence-corrected chi connectivity index (χ4v) is 2.97. The van der Waals surface area contributed by atoms with Crippen LogP contribution in [0.25, 0.3) is 0 Å². The number of anilines is 1. The van der Waals surface area contributed by atoms with E-state index in [9.17, 15) is 9.59 Å². The van der Waals surface area contributed by atoms with E-state index in [1.54, 1.807) is 31.2 Å². The summed E-state index contributed by atoms with van der Waals surface area (Å²) < 4.78 is 5.55.